The summed E-state index contributed by atoms with van der Waals surface area (Å²) in [5.74, 6) is 0.683. The smallest absolute Gasteiger partial charge is 0.153 e. The van der Waals surface area contributed by atoms with Gasteiger partial charge in [-0.2, -0.15) is 0 Å². The highest BCUT2D eigenvalue weighted by Gasteiger charge is 2.05. The fraction of sp³-hybridized carbons (Fsp3) is 0.167. The summed E-state index contributed by atoms with van der Waals surface area (Å²) in [6.45, 7) is 4.09. The van der Waals surface area contributed by atoms with Crippen LogP contribution in [0.3, 0.4) is 0 Å². The molecule has 2 rings (SSSR count). The van der Waals surface area contributed by atoms with Crippen LogP contribution >= 0.6 is 27.5 Å². The summed E-state index contributed by atoms with van der Waals surface area (Å²) in [5, 5.41) is 11.4. The molecule has 5 heteroatoms. The number of nitrogens with zero attached hydrogens (tertiary/aromatic N) is 2. The van der Waals surface area contributed by atoms with Gasteiger partial charge in [0.25, 0.3) is 0 Å². The van der Waals surface area contributed by atoms with Gasteiger partial charge in [0, 0.05) is 10.2 Å². The Balaban J connectivity index is 2.33. The summed E-state index contributed by atoms with van der Waals surface area (Å²) in [4.78, 5) is 0. The predicted octanol–water partition coefficient (Wildman–Crippen LogP) is 4.25. The quantitative estimate of drug-likeness (QED) is 0.900. The Morgan fingerprint density at radius 2 is 1.76 bits per heavy atom. The van der Waals surface area contributed by atoms with Crippen molar-refractivity contribution >= 4 is 39.0 Å². The molecule has 1 aromatic heterocycles. The maximum Gasteiger partial charge on any atom is 0.153 e. The van der Waals surface area contributed by atoms with Crippen LogP contribution in [0.15, 0.2) is 28.7 Å². The van der Waals surface area contributed by atoms with Crippen molar-refractivity contribution in [3.05, 3.63) is 45.0 Å². The van der Waals surface area contributed by atoms with E-state index in [0.717, 1.165) is 21.3 Å². The molecule has 3 nitrogen and oxygen atoms in total. The second-order valence-corrected chi connectivity index (χ2v) is 5.08. The van der Waals surface area contributed by atoms with Gasteiger partial charge in [-0.1, -0.05) is 27.5 Å². The zero-order chi connectivity index (χ0) is 12.4. The Bertz CT molecular complexity index is 517. The predicted molar refractivity (Wildman–Crippen MR) is 73.9 cm³/mol. The Morgan fingerprint density at radius 3 is 2.29 bits per heavy atom. The first-order valence-corrected chi connectivity index (χ1v) is 6.26. The lowest BCUT2D eigenvalue weighted by atomic mass is 10.1. The van der Waals surface area contributed by atoms with Gasteiger partial charge in [0.05, 0.1) is 0 Å². The van der Waals surface area contributed by atoms with Gasteiger partial charge >= 0.3 is 0 Å². The molecule has 0 bridgehead atoms. The number of aryl methyl sites for hydroxylation is 2. The van der Waals surface area contributed by atoms with Crippen molar-refractivity contribution in [3.63, 3.8) is 0 Å². The van der Waals surface area contributed by atoms with Crippen molar-refractivity contribution in [3.8, 4) is 0 Å². The third kappa shape index (κ3) is 2.96. The number of nitrogens with one attached hydrogen (secondary N) is 1. The molecule has 0 aliphatic heterocycles. The molecule has 1 aromatic carbocycles. The minimum absolute atomic E-state index is 0.389. The third-order valence-corrected chi connectivity index (χ3v) is 3.04. The number of halogens is 2. The van der Waals surface area contributed by atoms with Crippen LogP contribution in [0.2, 0.25) is 5.15 Å². The molecule has 0 saturated carbocycles. The minimum atomic E-state index is 0.389. The molecular weight excluding hydrogens is 302 g/mol. The molecule has 0 aliphatic rings. The molecule has 0 aliphatic carbocycles. The Labute approximate surface area is 113 Å². The van der Waals surface area contributed by atoms with Crippen LogP contribution in [0.5, 0.6) is 0 Å². The van der Waals surface area contributed by atoms with E-state index in [-0.39, 0.29) is 0 Å². The minimum Gasteiger partial charge on any atom is -0.338 e. The summed E-state index contributed by atoms with van der Waals surface area (Å²) in [7, 11) is 0. The van der Waals surface area contributed by atoms with Crippen LogP contribution in [0.25, 0.3) is 0 Å². The molecule has 0 amide bonds. The summed E-state index contributed by atoms with van der Waals surface area (Å²) in [5.41, 5.74) is 3.34. The van der Waals surface area contributed by atoms with E-state index < -0.39 is 0 Å². The van der Waals surface area contributed by atoms with Crippen LogP contribution in [-0.4, -0.2) is 10.2 Å². The van der Waals surface area contributed by atoms with Crippen LogP contribution in [-0.2, 0) is 0 Å². The topological polar surface area (TPSA) is 37.8 Å². The van der Waals surface area contributed by atoms with Crippen molar-refractivity contribution in [2.45, 2.75) is 13.8 Å². The van der Waals surface area contributed by atoms with Gasteiger partial charge in [-0.05, 0) is 49.2 Å². The zero-order valence-corrected chi connectivity index (χ0v) is 11.8. The normalized spacial score (nSPS) is 10.4. The summed E-state index contributed by atoms with van der Waals surface area (Å²) in [6, 6.07) is 7.62. The summed E-state index contributed by atoms with van der Waals surface area (Å²) < 4.78 is 1.07. The second-order valence-electron chi connectivity index (χ2n) is 3.78. The molecule has 0 spiro atoms. The lowest BCUT2D eigenvalue weighted by molar-refractivity contribution is 1.03. The van der Waals surface area contributed by atoms with E-state index in [1.165, 1.54) is 0 Å². The maximum absolute atomic E-state index is 5.69. The fourth-order valence-electron chi connectivity index (χ4n) is 1.62. The lowest BCUT2D eigenvalue weighted by Gasteiger charge is -2.12. The van der Waals surface area contributed by atoms with Gasteiger partial charge in [0.1, 0.15) is 0 Å². The number of hydrogen-bond acceptors (Lipinski definition) is 3. The molecule has 0 radical (unpaired) electrons. The van der Waals surface area contributed by atoms with E-state index in [1.807, 2.05) is 13.8 Å². The van der Waals surface area contributed by atoms with Gasteiger partial charge in [-0.15, -0.1) is 10.2 Å². The van der Waals surface area contributed by atoms with E-state index in [4.69, 9.17) is 11.6 Å². The molecule has 0 fully saturated rings. The van der Waals surface area contributed by atoms with Crippen LogP contribution in [0.4, 0.5) is 11.5 Å². The van der Waals surface area contributed by atoms with Gasteiger partial charge in [-0.25, -0.2) is 0 Å². The fourth-order valence-corrected chi connectivity index (χ4v) is 2.41. The largest absolute Gasteiger partial charge is 0.338 e. The number of hydrogen-bond donors (Lipinski definition) is 1. The first kappa shape index (κ1) is 12.3. The Hall–Kier alpha value is -1.13. The lowest BCUT2D eigenvalue weighted by Crippen LogP contribution is -1.99. The molecule has 17 heavy (non-hydrogen) atoms. The van der Waals surface area contributed by atoms with Gasteiger partial charge < -0.3 is 5.32 Å². The van der Waals surface area contributed by atoms with Gasteiger partial charge in [-0.3, -0.25) is 0 Å². The molecule has 0 unspecified atom stereocenters. The van der Waals surface area contributed by atoms with E-state index in [1.54, 1.807) is 12.1 Å². The number of anilines is 2. The van der Waals surface area contributed by atoms with Crippen molar-refractivity contribution in [2.24, 2.45) is 0 Å². The highest BCUT2D eigenvalue weighted by molar-refractivity contribution is 9.10. The summed E-state index contributed by atoms with van der Waals surface area (Å²) in [6.07, 6.45) is 0. The molecule has 0 atom stereocenters. The maximum atomic E-state index is 5.69. The van der Waals surface area contributed by atoms with Crippen LogP contribution in [0, 0.1) is 13.8 Å². The van der Waals surface area contributed by atoms with Crippen molar-refractivity contribution in [1.82, 2.24) is 10.2 Å². The van der Waals surface area contributed by atoms with Crippen molar-refractivity contribution in [1.29, 1.82) is 0 Å². The van der Waals surface area contributed by atoms with Crippen LogP contribution in [0.1, 0.15) is 11.1 Å². The molecular formula is C12H11BrClN3. The summed E-state index contributed by atoms with van der Waals surface area (Å²) >= 11 is 9.16. The molecule has 1 heterocycles. The number of aromatic nitrogens is 2. The van der Waals surface area contributed by atoms with Gasteiger partial charge in [0.2, 0.25) is 0 Å². The average molecular weight is 313 g/mol. The van der Waals surface area contributed by atoms with E-state index in [2.05, 4.69) is 43.6 Å². The highest BCUT2D eigenvalue weighted by atomic mass is 79.9. The highest BCUT2D eigenvalue weighted by Crippen LogP contribution is 2.27. The molecule has 1 N–H and O–H groups in total. The Morgan fingerprint density at radius 1 is 1.12 bits per heavy atom. The van der Waals surface area contributed by atoms with E-state index in [0.29, 0.717) is 11.0 Å². The first-order chi connectivity index (χ1) is 8.06. The number of rotatable bonds is 2. The average Bonchev–Trinajstić information content (AvgIpc) is 2.26. The van der Waals surface area contributed by atoms with Crippen molar-refractivity contribution < 1.29 is 0 Å². The first-order valence-electron chi connectivity index (χ1n) is 5.09. The van der Waals surface area contributed by atoms with E-state index >= 15 is 0 Å². The third-order valence-electron chi connectivity index (χ3n) is 2.38. The standard InChI is InChI=1S/C12H11BrClN3/c1-7-5-9(13)6-8(2)12(7)15-11-4-3-10(14)16-17-11/h3-6H,1-2H3,(H,15,17). The van der Waals surface area contributed by atoms with E-state index in [9.17, 15) is 0 Å². The molecule has 88 valence electrons. The SMILES string of the molecule is Cc1cc(Br)cc(C)c1Nc1ccc(Cl)nn1. The number of benzene rings is 1. The Kier molecular flexibility index (Phi) is 3.64. The zero-order valence-electron chi connectivity index (χ0n) is 9.46. The molecule has 0 saturated heterocycles. The second kappa shape index (κ2) is 5.02. The van der Waals surface area contributed by atoms with Crippen molar-refractivity contribution in [2.75, 3.05) is 5.32 Å². The monoisotopic (exact) mass is 311 g/mol. The van der Waals surface area contributed by atoms with Gasteiger partial charge in [0.15, 0.2) is 11.0 Å². The van der Waals surface area contributed by atoms with Crippen LogP contribution < -0.4 is 5.32 Å². The molecule has 2 aromatic rings.